The summed E-state index contributed by atoms with van der Waals surface area (Å²) in [7, 11) is 0.923. The Morgan fingerprint density at radius 1 is 1.37 bits per heavy atom. The standard InChI is InChI=1S/C13H17ClN2O2S/c1-15-13(17)9-2-3-11(14)12(8-9)16-10-4-6-19(18)7-5-10/h2-3,8,10,16H,4-7H2,1H3,(H,15,17). The maximum atomic E-state index is 11.6. The number of rotatable bonds is 3. The number of carbonyl (C=O) groups excluding carboxylic acids is 1. The molecule has 1 aliphatic heterocycles. The van der Waals surface area contributed by atoms with Crippen LogP contribution in [0.3, 0.4) is 0 Å². The van der Waals surface area contributed by atoms with Crippen molar-refractivity contribution in [3.05, 3.63) is 28.8 Å². The Kier molecular flexibility index (Phi) is 4.82. The highest BCUT2D eigenvalue weighted by atomic mass is 35.5. The summed E-state index contributed by atoms with van der Waals surface area (Å²) >= 11 is 6.14. The van der Waals surface area contributed by atoms with Gasteiger partial charge in [0.1, 0.15) is 0 Å². The van der Waals surface area contributed by atoms with Gasteiger partial charge in [0.15, 0.2) is 0 Å². The van der Waals surface area contributed by atoms with Crippen molar-refractivity contribution in [2.24, 2.45) is 0 Å². The Labute approximate surface area is 120 Å². The summed E-state index contributed by atoms with van der Waals surface area (Å²) in [5.74, 6) is 1.32. The zero-order valence-corrected chi connectivity index (χ0v) is 12.3. The lowest BCUT2D eigenvalue weighted by molar-refractivity contribution is 0.0963. The molecule has 1 amide bonds. The van der Waals surface area contributed by atoms with Gasteiger partial charge in [-0.05, 0) is 31.0 Å². The lowest BCUT2D eigenvalue weighted by Crippen LogP contribution is -2.29. The lowest BCUT2D eigenvalue weighted by Gasteiger charge is -2.24. The molecule has 0 spiro atoms. The molecule has 2 rings (SSSR count). The molecule has 0 radical (unpaired) electrons. The topological polar surface area (TPSA) is 58.2 Å². The second-order valence-corrected chi connectivity index (χ2v) is 6.64. The molecule has 0 saturated carbocycles. The van der Waals surface area contributed by atoms with Crippen molar-refractivity contribution >= 4 is 34.0 Å². The molecule has 0 unspecified atom stereocenters. The predicted octanol–water partition coefficient (Wildman–Crippen LogP) is 2.02. The molecule has 1 aromatic carbocycles. The van der Waals surface area contributed by atoms with Crippen molar-refractivity contribution in [3.8, 4) is 0 Å². The summed E-state index contributed by atoms with van der Waals surface area (Å²) in [6, 6.07) is 5.44. The van der Waals surface area contributed by atoms with Crippen LogP contribution in [0.25, 0.3) is 0 Å². The average molecular weight is 301 g/mol. The van der Waals surface area contributed by atoms with Crippen molar-refractivity contribution < 1.29 is 9.00 Å². The van der Waals surface area contributed by atoms with Crippen LogP contribution < -0.4 is 10.6 Å². The van der Waals surface area contributed by atoms with Gasteiger partial charge in [-0.15, -0.1) is 0 Å². The van der Waals surface area contributed by atoms with Crippen LogP contribution in [0, 0.1) is 0 Å². The molecule has 1 saturated heterocycles. The molecule has 104 valence electrons. The molecule has 2 N–H and O–H groups in total. The number of amides is 1. The van der Waals surface area contributed by atoms with Gasteiger partial charge < -0.3 is 10.6 Å². The van der Waals surface area contributed by atoms with Crippen LogP contribution in [0.15, 0.2) is 18.2 Å². The first kappa shape index (κ1) is 14.3. The van der Waals surface area contributed by atoms with Crippen molar-refractivity contribution in [2.45, 2.75) is 18.9 Å². The minimum absolute atomic E-state index is 0.135. The Hall–Kier alpha value is -1.07. The van der Waals surface area contributed by atoms with Crippen LogP contribution in [-0.4, -0.2) is 34.7 Å². The second-order valence-electron chi connectivity index (χ2n) is 4.54. The van der Waals surface area contributed by atoms with E-state index in [9.17, 15) is 9.00 Å². The van der Waals surface area contributed by atoms with Gasteiger partial charge in [0.2, 0.25) is 0 Å². The zero-order valence-electron chi connectivity index (χ0n) is 10.7. The Balaban J connectivity index is 2.10. The van der Waals surface area contributed by atoms with Gasteiger partial charge in [-0.3, -0.25) is 9.00 Å². The smallest absolute Gasteiger partial charge is 0.251 e. The van der Waals surface area contributed by atoms with E-state index in [2.05, 4.69) is 10.6 Å². The van der Waals surface area contributed by atoms with Gasteiger partial charge in [0.05, 0.1) is 10.7 Å². The normalized spacial score (nSPS) is 22.8. The first-order valence-electron chi connectivity index (χ1n) is 6.23. The van der Waals surface area contributed by atoms with Crippen LogP contribution in [0.2, 0.25) is 5.02 Å². The third-order valence-corrected chi connectivity index (χ3v) is 4.91. The summed E-state index contributed by atoms with van der Waals surface area (Å²) in [4.78, 5) is 11.6. The van der Waals surface area contributed by atoms with Gasteiger partial charge in [0.25, 0.3) is 5.91 Å². The Morgan fingerprint density at radius 2 is 2.05 bits per heavy atom. The van der Waals surface area contributed by atoms with E-state index in [0.29, 0.717) is 10.6 Å². The van der Waals surface area contributed by atoms with Crippen LogP contribution in [0.4, 0.5) is 5.69 Å². The molecular weight excluding hydrogens is 284 g/mol. The fraction of sp³-hybridized carbons (Fsp3) is 0.462. The van der Waals surface area contributed by atoms with Gasteiger partial charge in [-0.1, -0.05) is 11.6 Å². The van der Waals surface area contributed by atoms with Crippen molar-refractivity contribution in [1.29, 1.82) is 0 Å². The number of halogens is 1. The second kappa shape index (κ2) is 6.39. The maximum absolute atomic E-state index is 11.6. The van der Waals surface area contributed by atoms with E-state index < -0.39 is 10.8 Å². The molecule has 1 heterocycles. The number of carbonyl (C=O) groups is 1. The van der Waals surface area contributed by atoms with Gasteiger partial charge in [0, 0.05) is 41.0 Å². The minimum atomic E-state index is -0.674. The van der Waals surface area contributed by atoms with E-state index in [4.69, 9.17) is 11.6 Å². The van der Waals surface area contributed by atoms with Crippen LogP contribution in [0.5, 0.6) is 0 Å². The first-order valence-corrected chi connectivity index (χ1v) is 8.10. The summed E-state index contributed by atoms with van der Waals surface area (Å²) in [6.07, 6.45) is 1.74. The monoisotopic (exact) mass is 300 g/mol. The van der Waals surface area contributed by atoms with E-state index in [0.717, 1.165) is 30.0 Å². The average Bonchev–Trinajstić information content (AvgIpc) is 2.43. The fourth-order valence-corrected chi connectivity index (χ4v) is 3.55. The molecule has 4 nitrogen and oxygen atoms in total. The molecule has 1 aromatic rings. The number of nitrogens with one attached hydrogen (secondary N) is 2. The molecular formula is C13H17ClN2O2S. The molecule has 0 atom stereocenters. The van der Waals surface area contributed by atoms with E-state index in [-0.39, 0.29) is 11.9 Å². The summed E-state index contributed by atoms with van der Waals surface area (Å²) < 4.78 is 11.3. The molecule has 0 aromatic heterocycles. The van der Waals surface area contributed by atoms with Crippen LogP contribution in [0.1, 0.15) is 23.2 Å². The van der Waals surface area contributed by atoms with E-state index in [1.165, 1.54) is 0 Å². The number of anilines is 1. The van der Waals surface area contributed by atoms with Gasteiger partial charge >= 0.3 is 0 Å². The lowest BCUT2D eigenvalue weighted by atomic mass is 10.1. The van der Waals surface area contributed by atoms with E-state index in [1.807, 2.05) is 0 Å². The quantitative estimate of drug-likeness (QED) is 0.898. The Bertz CT molecular complexity index is 497. The highest BCUT2D eigenvalue weighted by molar-refractivity contribution is 7.85. The highest BCUT2D eigenvalue weighted by Crippen LogP contribution is 2.25. The minimum Gasteiger partial charge on any atom is -0.381 e. The summed E-state index contributed by atoms with van der Waals surface area (Å²) in [5.41, 5.74) is 1.34. The molecule has 1 fully saturated rings. The molecule has 0 aliphatic carbocycles. The Morgan fingerprint density at radius 3 is 2.68 bits per heavy atom. The van der Waals surface area contributed by atoms with Crippen molar-refractivity contribution in [2.75, 3.05) is 23.9 Å². The van der Waals surface area contributed by atoms with Crippen molar-refractivity contribution in [1.82, 2.24) is 5.32 Å². The molecule has 1 aliphatic rings. The predicted molar refractivity (Wildman–Crippen MR) is 79.4 cm³/mol. The van der Waals surface area contributed by atoms with Gasteiger partial charge in [-0.25, -0.2) is 0 Å². The molecule has 0 bridgehead atoms. The van der Waals surface area contributed by atoms with Crippen LogP contribution in [-0.2, 0) is 10.8 Å². The first-order chi connectivity index (χ1) is 9.10. The largest absolute Gasteiger partial charge is 0.381 e. The maximum Gasteiger partial charge on any atom is 0.251 e. The zero-order chi connectivity index (χ0) is 13.8. The molecule has 19 heavy (non-hydrogen) atoms. The van der Waals surface area contributed by atoms with Crippen LogP contribution >= 0.6 is 11.6 Å². The van der Waals surface area contributed by atoms with Gasteiger partial charge in [-0.2, -0.15) is 0 Å². The SMILES string of the molecule is CNC(=O)c1ccc(Cl)c(NC2CCS(=O)CC2)c1. The highest BCUT2D eigenvalue weighted by Gasteiger charge is 2.18. The fourth-order valence-electron chi connectivity index (χ4n) is 2.08. The third kappa shape index (κ3) is 3.70. The number of hydrogen-bond donors (Lipinski definition) is 2. The third-order valence-electron chi connectivity index (χ3n) is 3.20. The number of hydrogen-bond acceptors (Lipinski definition) is 3. The van der Waals surface area contributed by atoms with E-state index in [1.54, 1.807) is 25.2 Å². The van der Waals surface area contributed by atoms with Crippen molar-refractivity contribution in [3.63, 3.8) is 0 Å². The van der Waals surface area contributed by atoms with E-state index >= 15 is 0 Å². The molecule has 6 heteroatoms. The summed E-state index contributed by atoms with van der Waals surface area (Å²) in [5, 5.41) is 6.53. The number of benzene rings is 1. The summed E-state index contributed by atoms with van der Waals surface area (Å²) in [6.45, 7) is 0.